The highest BCUT2D eigenvalue weighted by Crippen LogP contribution is 2.35. The number of methoxy groups -OCH3 is 1. The summed E-state index contributed by atoms with van der Waals surface area (Å²) in [6.45, 7) is 2.74. The van der Waals surface area contributed by atoms with E-state index in [0.29, 0.717) is 36.6 Å². The van der Waals surface area contributed by atoms with Gasteiger partial charge in [0.25, 0.3) is 17.1 Å². The number of thioether (sulfide) groups is 1. The SMILES string of the molecule is CCOc1ccc(/C=C2\SC(=O)N(CCNC(=O)c3ccc(Cl)c(S(=O)(=O)N4CCc5ccccc5C4)c3)C2=O)cc1OC. The smallest absolute Gasteiger partial charge is 0.293 e. The molecule has 0 bridgehead atoms. The summed E-state index contributed by atoms with van der Waals surface area (Å²) >= 11 is 7.10. The van der Waals surface area contributed by atoms with Crippen LogP contribution in [0.1, 0.15) is 34.0 Å². The minimum Gasteiger partial charge on any atom is -0.493 e. The van der Waals surface area contributed by atoms with Gasteiger partial charge >= 0.3 is 0 Å². The number of hydrogen-bond donors (Lipinski definition) is 1. The van der Waals surface area contributed by atoms with Crippen molar-refractivity contribution in [2.75, 3.05) is 33.4 Å². The Kier molecular flexibility index (Phi) is 9.64. The van der Waals surface area contributed by atoms with Crippen molar-refractivity contribution in [1.82, 2.24) is 14.5 Å². The summed E-state index contributed by atoms with van der Waals surface area (Å²) in [6.07, 6.45) is 2.17. The second-order valence-electron chi connectivity index (χ2n) is 9.94. The summed E-state index contributed by atoms with van der Waals surface area (Å²) < 4.78 is 39.2. The van der Waals surface area contributed by atoms with E-state index in [9.17, 15) is 22.8 Å². The van der Waals surface area contributed by atoms with Crippen LogP contribution < -0.4 is 14.8 Å². The van der Waals surface area contributed by atoms with E-state index in [0.717, 1.165) is 27.8 Å². The fourth-order valence-corrected chi connectivity index (χ4v) is 7.72. The number of amides is 3. The highest BCUT2D eigenvalue weighted by Gasteiger charge is 2.35. The Morgan fingerprint density at radius 2 is 1.84 bits per heavy atom. The molecule has 13 heteroatoms. The number of imide groups is 1. The maximum absolute atomic E-state index is 13.5. The largest absolute Gasteiger partial charge is 0.493 e. The van der Waals surface area contributed by atoms with Crippen molar-refractivity contribution in [2.45, 2.75) is 24.8 Å². The molecule has 0 atom stereocenters. The monoisotopic (exact) mass is 655 g/mol. The summed E-state index contributed by atoms with van der Waals surface area (Å²) in [7, 11) is -2.47. The Morgan fingerprint density at radius 3 is 2.59 bits per heavy atom. The first-order valence-corrected chi connectivity index (χ1v) is 16.5. The van der Waals surface area contributed by atoms with E-state index in [4.69, 9.17) is 21.1 Å². The molecule has 5 rings (SSSR count). The molecule has 2 aliphatic heterocycles. The summed E-state index contributed by atoms with van der Waals surface area (Å²) in [4.78, 5) is 39.7. The number of carbonyl (C=O) groups is 3. The molecule has 0 aromatic heterocycles. The van der Waals surface area contributed by atoms with Crippen LogP contribution in [-0.4, -0.2) is 68.0 Å². The van der Waals surface area contributed by atoms with Crippen molar-refractivity contribution in [3.63, 3.8) is 0 Å². The molecule has 230 valence electrons. The minimum absolute atomic E-state index is 0.00941. The van der Waals surface area contributed by atoms with Crippen molar-refractivity contribution in [2.24, 2.45) is 0 Å². The molecule has 1 N–H and O–H groups in total. The van der Waals surface area contributed by atoms with Gasteiger partial charge in [0.15, 0.2) is 11.5 Å². The van der Waals surface area contributed by atoms with Gasteiger partial charge in [0.1, 0.15) is 4.90 Å². The second-order valence-corrected chi connectivity index (χ2v) is 13.2. The molecule has 0 spiro atoms. The number of sulfonamides is 1. The molecule has 3 amide bonds. The number of fused-ring (bicyclic) bond motifs is 1. The average molecular weight is 656 g/mol. The quantitative estimate of drug-likeness (QED) is 0.304. The number of rotatable bonds is 10. The van der Waals surface area contributed by atoms with Crippen LogP contribution in [0.4, 0.5) is 4.79 Å². The standard InChI is InChI=1S/C31H30ClN3O7S2/c1-3-42-25-11-8-20(16-26(25)41-2)17-27-30(37)35(31(38)43-27)15-13-33-29(36)22-9-10-24(32)28(18-22)44(39,40)34-14-12-21-6-4-5-7-23(21)19-34/h4-11,16-18H,3,12-15,19H2,1-2H3,(H,33,36)/b27-17-. The summed E-state index contributed by atoms with van der Waals surface area (Å²) in [5, 5.41) is 2.21. The highest BCUT2D eigenvalue weighted by atomic mass is 35.5. The number of halogens is 1. The maximum Gasteiger partial charge on any atom is 0.293 e. The first-order valence-electron chi connectivity index (χ1n) is 13.8. The minimum atomic E-state index is -3.98. The van der Waals surface area contributed by atoms with Gasteiger partial charge < -0.3 is 14.8 Å². The third-order valence-corrected chi connectivity index (χ3v) is 10.4. The average Bonchev–Trinajstić information content (AvgIpc) is 3.28. The van der Waals surface area contributed by atoms with E-state index in [1.54, 1.807) is 24.3 Å². The van der Waals surface area contributed by atoms with Crippen molar-refractivity contribution in [3.05, 3.63) is 92.8 Å². The Hall–Kier alpha value is -3.84. The van der Waals surface area contributed by atoms with E-state index in [2.05, 4.69) is 5.32 Å². The van der Waals surface area contributed by atoms with Gasteiger partial charge in [0.2, 0.25) is 10.0 Å². The molecule has 3 aromatic carbocycles. The molecular formula is C31H30ClN3O7S2. The van der Waals surface area contributed by atoms with Crippen LogP contribution in [0.3, 0.4) is 0 Å². The Balaban J connectivity index is 1.22. The number of hydrogen-bond acceptors (Lipinski definition) is 8. The van der Waals surface area contributed by atoms with E-state index in [-0.39, 0.29) is 40.0 Å². The number of carbonyl (C=O) groups excluding carboxylic acids is 3. The van der Waals surface area contributed by atoms with Gasteiger partial charge in [-0.25, -0.2) is 8.42 Å². The van der Waals surface area contributed by atoms with Crippen molar-refractivity contribution in [3.8, 4) is 11.5 Å². The molecule has 1 fully saturated rings. The lowest BCUT2D eigenvalue weighted by molar-refractivity contribution is -0.122. The van der Waals surface area contributed by atoms with Crippen LogP contribution in [-0.2, 0) is 27.8 Å². The van der Waals surface area contributed by atoms with Gasteiger partial charge in [-0.1, -0.05) is 41.9 Å². The first-order chi connectivity index (χ1) is 21.1. The van der Waals surface area contributed by atoms with Crippen LogP contribution in [0.15, 0.2) is 70.5 Å². The van der Waals surface area contributed by atoms with Gasteiger partial charge in [0.05, 0.1) is 23.6 Å². The van der Waals surface area contributed by atoms with Crippen LogP contribution in [0.2, 0.25) is 5.02 Å². The van der Waals surface area contributed by atoms with Crippen LogP contribution in [0.25, 0.3) is 6.08 Å². The maximum atomic E-state index is 13.5. The molecule has 0 radical (unpaired) electrons. The topological polar surface area (TPSA) is 122 Å². The summed E-state index contributed by atoms with van der Waals surface area (Å²) in [6, 6.07) is 16.9. The summed E-state index contributed by atoms with van der Waals surface area (Å²) in [5.41, 5.74) is 2.77. The Labute approximate surface area is 265 Å². The number of nitrogens with zero attached hydrogens (tertiary/aromatic N) is 2. The van der Waals surface area contributed by atoms with Gasteiger partial charge in [-0.05, 0) is 78.2 Å². The fourth-order valence-electron chi connectivity index (χ4n) is 4.93. The lowest BCUT2D eigenvalue weighted by Gasteiger charge is -2.28. The Bertz CT molecular complexity index is 1760. The van der Waals surface area contributed by atoms with Crippen LogP contribution in [0.5, 0.6) is 11.5 Å². The number of benzene rings is 3. The number of ether oxygens (including phenoxy) is 2. The van der Waals surface area contributed by atoms with Gasteiger partial charge in [-0.3, -0.25) is 19.3 Å². The van der Waals surface area contributed by atoms with E-state index >= 15 is 0 Å². The second kappa shape index (κ2) is 13.4. The molecular weight excluding hydrogens is 626 g/mol. The van der Waals surface area contributed by atoms with Crippen LogP contribution in [0, 0.1) is 0 Å². The third-order valence-electron chi connectivity index (χ3n) is 7.19. The molecule has 3 aromatic rings. The van der Waals surface area contributed by atoms with Crippen molar-refractivity contribution >= 4 is 56.5 Å². The van der Waals surface area contributed by atoms with Gasteiger partial charge in [-0.15, -0.1) is 0 Å². The molecule has 2 aliphatic rings. The zero-order chi connectivity index (χ0) is 31.4. The molecule has 0 saturated carbocycles. The van der Waals surface area contributed by atoms with E-state index < -0.39 is 27.1 Å². The van der Waals surface area contributed by atoms with Crippen LogP contribution >= 0.6 is 23.4 Å². The first kappa shape index (κ1) is 31.6. The van der Waals surface area contributed by atoms with Gasteiger partial charge in [-0.2, -0.15) is 4.31 Å². The summed E-state index contributed by atoms with van der Waals surface area (Å²) in [5.74, 6) is 0.0248. The van der Waals surface area contributed by atoms with Gasteiger partial charge in [0, 0.05) is 31.7 Å². The lowest BCUT2D eigenvalue weighted by Crippen LogP contribution is -2.37. The highest BCUT2D eigenvalue weighted by molar-refractivity contribution is 8.18. The molecule has 0 unspecified atom stereocenters. The molecule has 0 aliphatic carbocycles. The van der Waals surface area contributed by atoms with Crippen molar-refractivity contribution in [1.29, 1.82) is 0 Å². The predicted octanol–water partition coefficient (Wildman–Crippen LogP) is 4.96. The molecule has 2 heterocycles. The van der Waals surface area contributed by atoms with E-state index in [1.807, 2.05) is 31.2 Å². The van der Waals surface area contributed by atoms with E-state index in [1.165, 1.54) is 29.6 Å². The normalized spacial score (nSPS) is 16.2. The zero-order valence-electron chi connectivity index (χ0n) is 24.0. The lowest BCUT2D eigenvalue weighted by atomic mass is 10.0. The molecule has 44 heavy (non-hydrogen) atoms. The number of nitrogens with one attached hydrogen (secondary N) is 1. The fraction of sp³-hybridized carbons (Fsp3) is 0.258. The third kappa shape index (κ3) is 6.63. The molecule has 1 saturated heterocycles. The molecule has 10 nitrogen and oxygen atoms in total. The zero-order valence-corrected chi connectivity index (χ0v) is 26.4. The predicted molar refractivity (Wildman–Crippen MR) is 168 cm³/mol. The van der Waals surface area contributed by atoms with Crippen molar-refractivity contribution < 1.29 is 32.3 Å². The Morgan fingerprint density at radius 1 is 1.07 bits per heavy atom.